The zero-order valence-corrected chi connectivity index (χ0v) is 10.2. The zero-order valence-electron chi connectivity index (χ0n) is 10.2. The van der Waals surface area contributed by atoms with Crippen LogP contribution in [0.25, 0.3) is 0 Å². The molecular formula is C12H14N4O2. The number of nitrogens with zero attached hydrogens (tertiary/aromatic N) is 2. The van der Waals surface area contributed by atoms with E-state index in [0.717, 1.165) is 0 Å². The lowest BCUT2D eigenvalue weighted by Gasteiger charge is -2.09. The molecule has 2 rings (SSSR count). The Balaban J connectivity index is 2.32. The molecule has 0 bridgehead atoms. The summed E-state index contributed by atoms with van der Waals surface area (Å²) < 4.78 is 6.51. The number of anilines is 3. The van der Waals surface area contributed by atoms with Crippen LogP contribution in [0.4, 0.5) is 17.2 Å². The van der Waals surface area contributed by atoms with Crippen molar-refractivity contribution >= 4 is 17.2 Å². The maximum Gasteiger partial charge on any atom is 0.293 e. The lowest BCUT2D eigenvalue weighted by molar-refractivity contribution is 0.417. The summed E-state index contributed by atoms with van der Waals surface area (Å²) in [4.78, 5) is 15.8. The van der Waals surface area contributed by atoms with Gasteiger partial charge >= 0.3 is 0 Å². The van der Waals surface area contributed by atoms with Crippen LogP contribution in [-0.4, -0.2) is 16.7 Å². The van der Waals surface area contributed by atoms with Gasteiger partial charge in [0.1, 0.15) is 5.75 Å². The van der Waals surface area contributed by atoms with Crippen molar-refractivity contribution < 1.29 is 4.74 Å². The van der Waals surface area contributed by atoms with Gasteiger partial charge in [-0.1, -0.05) is 0 Å². The number of ether oxygens (including phenoxy) is 1. The number of nitrogens with two attached hydrogens (primary N) is 1. The second-order valence-corrected chi connectivity index (χ2v) is 3.77. The largest absolute Gasteiger partial charge is 0.495 e. The Morgan fingerprint density at radius 2 is 2.22 bits per heavy atom. The number of benzene rings is 1. The average Bonchev–Trinajstić information content (AvgIpc) is 2.35. The van der Waals surface area contributed by atoms with Gasteiger partial charge in [0.25, 0.3) is 5.56 Å². The molecule has 0 aliphatic heterocycles. The minimum Gasteiger partial charge on any atom is -0.495 e. The van der Waals surface area contributed by atoms with Crippen molar-refractivity contribution in [1.29, 1.82) is 0 Å². The molecule has 6 nitrogen and oxygen atoms in total. The van der Waals surface area contributed by atoms with Crippen molar-refractivity contribution in [3.63, 3.8) is 0 Å². The number of aromatic nitrogens is 2. The Labute approximate surface area is 104 Å². The number of nitrogens with one attached hydrogen (secondary N) is 1. The Morgan fingerprint density at radius 1 is 1.44 bits per heavy atom. The normalized spacial score (nSPS) is 10.1. The molecular weight excluding hydrogens is 232 g/mol. The van der Waals surface area contributed by atoms with Crippen molar-refractivity contribution in [2.75, 3.05) is 18.2 Å². The molecule has 1 aromatic carbocycles. The standard InChI is InChI=1S/C12H14N4O2/c1-16-6-5-14-11(12(16)17)15-8-3-4-10(18-2)9(13)7-8/h3-7H,13H2,1-2H3,(H,14,15). The highest BCUT2D eigenvalue weighted by molar-refractivity contribution is 5.65. The molecule has 0 unspecified atom stereocenters. The van der Waals surface area contributed by atoms with E-state index in [0.29, 0.717) is 17.1 Å². The van der Waals surface area contributed by atoms with Crippen LogP contribution >= 0.6 is 0 Å². The van der Waals surface area contributed by atoms with E-state index in [-0.39, 0.29) is 11.4 Å². The van der Waals surface area contributed by atoms with E-state index in [1.165, 1.54) is 4.57 Å². The summed E-state index contributed by atoms with van der Waals surface area (Å²) >= 11 is 0. The fourth-order valence-electron chi connectivity index (χ4n) is 1.53. The number of hydrogen-bond donors (Lipinski definition) is 2. The van der Waals surface area contributed by atoms with Crippen LogP contribution in [0.15, 0.2) is 35.4 Å². The van der Waals surface area contributed by atoms with Crippen LogP contribution in [0.1, 0.15) is 0 Å². The molecule has 0 aliphatic carbocycles. The third-order valence-electron chi connectivity index (χ3n) is 2.51. The molecule has 0 aliphatic rings. The van der Waals surface area contributed by atoms with Crippen molar-refractivity contribution in [2.45, 2.75) is 0 Å². The molecule has 1 heterocycles. The first kappa shape index (κ1) is 12.0. The molecule has 6 heteroatoms. The van der Waals surface area contributed by atoms with E-state index in [1.54, 1.807) is 44.8 Å². The van der Waals surface area contributed by atoms with Gasteiger partial charge in [-0.25, -0.2) is 4.98 Å². The fourth-order valence-corrected chi connectivity index (χ4v) is 1.53. The first-order valence-electron chi connectivity index (χ1n) is 5.34. The van der Waals surface area contributed by atoms with Gasteiger partial charge in [-0.05, 0) is 18.2 Å². The van der Waals surface area contributed by atoms with E-state index in [2.05, 4.69) is 10.3 Å². The van der Waals surface area contributed by atoms with Gasteiger partial charge < -0.3 is 20.4 Å². The fraction of sp³-hybridized carbons (Fsp3) is 0.167. The Morgan fingerprint density at radius 3 is 2.89 bits per heavy atom. The SMILES string of the molecule is COc1ccc(Nc2nccn(C)c2=O)cc1N. The van der Waals surface area contributed by atoms with Gasteiger partial charge in [0, 0.05) is 25.1 Å². The van der Waals surface area contributed by atoms with Crippen LogP contribution in [0.2, 0.25) is 0 Å². The van der Waals surface area contributed by atoms with Crippen LogP contribution < -0.4 is 21.3 Å². The summed E-state index contributed by atoms with van der Waals surface area (Å²) in [6.07, 6.45) is 3.15. The van der Waals surface area contributed by atoms with E-state index in [9.17, 15) is 4.79 Å². The molecule has 1 aromatic heterocycles. The predicted octanol–water partition coefficient (Wildman–Crippen LogP) is 1.11. The maximum absolute atomic E-state index is 11.8. The number of nitrogen functional groups attached to an aromatic ring is 1. The van der Waals surface area contributed by atoms with Crippen LogP contribution in [-0.2, 0) is 7.05 Å². The number of hydrogen-bond acceptors (Lipinski definition) is 5. The topological polar surface area (TPSA) is 82.2 Å². The van der Waals surface area contributed by atoms with Crippen molar-refractivity contribution in [1.82, 2.24) is 9.55 Å². The van der Waals surface area contributed by atoms with Crippen molar-refractivity contribution in [2.24, 2.45) is 7.05 Å². The quantitative estimate of drug-likeness (QED) is 0.793. The summed E-state index contributed by atoms with van der Waals surface area (Å²) in [6.45, 7) is 0. The van der Waals surface area contributed by atoms with Gasteiger partial charge in [0.05, 0.1) is 12.8 Å². The Bertz CT molecular complexity index is 622. The van der Waals surface area contributed by atoms with E-state index < -0.39 is 0 Å². The molecule has 2 aromatic rings. The summed E-state index contributed by atoms with van der Waals surface area (Å²) in [7, 11) is 3.21. The average molecular weight is 246 g/mol. The molecule has 0 radical (unpaired) electrons. The number of aryl methyl sites for hydroxylation is 1. The molecule has 0 saturated carbocycles. The van der Waals surface area contributed by atoms with E-state index in [1.807, 2.05) is 0 Å². The molecule has 0 fully saturated rings. The molecule has 0 atom stereocenters. The Hall–Kier alpha value is -2.50. The second kappa shape index (κ2) is 4.79. The lowest BCUT2D eigenvalue weighted by Crippen LogP contribution is -2.20. The minimum atomic E-state index is -0.202. The van der Waals surface area contributed by atoms with Gasteiger partial charge in [-0.15, -0.1) is 0 Å². The van der Waals surface area contributed by atoms with Gasteiger partial charge in [-0.2, -0.15) is 0 Å². The van der Waals surface area contributed by atoms with Crippen LogP contribution in [0, 0.1) is 0 Å². The smallest absolute Gasteiger partial charge is 0.293 e. The third kappa shape index (κ3) is 2.27. The highest BCUT2D eigenvalue weighted by Crippen LogP contribution is 2.25. The van der Waals surface area contributed by atoms with E-state index >= 15 is 0 Å². The van der Waals surface area contributed by atoms with Crippen molar-refractivity contribution in [3.8, 4) is 5.75 Å². The number of rotatable bonds is 3. The number of methoxy groups -OCH3 is 1. The summed E-state index contributed by atoms with van der Waals surface area (Å²) in [5.41, 5.74) is 6.76. The molecule has 0 amide bonds. The van der Waals surface area contributed by atoms with Gasteiger partial charge in [-0.3, -0.25) is 4.79 Å². The highest BCUT2D eigenvalue weighted by Gasteiger charge is 2.05. The first-order valence-corrected chi connectivity index (χ1v) is 5.34. The van der Waals surface area contributed by atoms with Gasteiger partial charge in [0.15, 0.2) is 5.82 Å². The van der Waals surface area contributed by atoms with Crippen molar-refractivity contribution in [3.05, 3.63) is 40.9 Å². The van der Waals surface area contributed by atoms with E-state index in [4.69, 9.17) is 10.5 Å². The molecule has 0 saturated heterocycles. The Kier molecular flexibility index (Phi) is 3.18. The predicted molar refractivity (Wildman–Crippen MR) is 70.2 cm³/mol. The monoisotopic (exact) mass is 246 g/mol. The molecule has 3 N–H and O–H groups in total. The van der Waals surface area contributed by atoms with Crippen LogP contribution in [0.5, 0.6) is 5.75 Å². The summed E-state index contributed by atoms with van der Waals surface area (Å²) in [5.74, 6) is 0.846. The van der Waals surface area contributed by atoms with Crippen LogP contribution in [0.3, 0.4) is 0 Å². The summed E-state index contributed by atoms with van der Waals surface area (Å²) in [6, 6.07) is 5.18. The minimum absolute atomic E-state index is 0.202. The second-order valence-electron chi connectivity index (χ2n) is 3.77. The molecule has 94 valence electrons. The third-order valence-corrected chi connectivity index (χ3v) is 2.51. The zero-order chi connectivity index (χ0) is 13.1. The highest BCUT2D eigenvalue weighted by atomic mass is 16.5. The lowest BCUT2D eigenvalue weighted by atomic mass is 10.2. The maximum atomic E-state index is 11.8. The first-order chi connectivity index (χ1) is 8.61. The molecule has 18 heavy (non-hydrogen) atoms. The molecule has 0 spiro atoms. The van der Waals surface area contributed by atoms with Gasteiger partial charge in [0.2, 0.25) is 0 Å². The summed E-state index contributed by atoms with van der Waals surface area (Å²) in [5, 5.41) is 2.93.